The maximum Gasteiger partial charge on any atom is 0.272 e. The Labute approximate surface area is 88.5 Å². The standard InChI is InChI=1S/C11H12N2O2/c1-3-6-12-8-10-5-4-9(2)11(7-10)13(14)15/h1,4-5,7,12H,6,8H2,2H3. The number of benzene rings is 1. The lowest BCUT2D eigenvalue weighted by molar-refractivity contribution is -0.385. The van der Waals surface area contributed by atoms with Crippen molar-refractivity contribution in [3.63, 3.8) is 0 Å². The Balaban J connectivity index is 2.79. The van der Waals surface area contributed by atoms with Gasteiger partial charge in [0.05, 0.1) is 11.5 Å². The van der Waals surface area contributed by atoms with Crippen LogP contribution in [0.2, 0.25) is 0 Å². The zero-order valence-corrected chi connectivity index (χ0v) is 8.49. The highest BCUT2D eigenvalue weighted by Crippen LogP contribution is 2.18. The fourth-order valence-electron chi connectivity index (χ4n) is 1.24. The number of nitro benzene ring substituents is 1. The van der Waals surface area contributed by atoms with Crippen molar-refractivity contribution in [3.8, 4) is 12.3 Å². The van der Waals surface area contributed by atoms with E-state index in [0.29, 0.717) is 18.7 Å². The third-order valence-corrected chi connectivity index (χ3v) is 2.03. The summed E-state index contributed by atoms with van der Waals surface area (Å²) in [6, 6.07) is 5.16. The summed E-state index contributed by atoms with van der Waals surface area (Å²) in [4.78, 5) is 10.3. The highest BCUT2D eigenvalue weighted by atomic mass is 16.6. The zero-order chi connectivity index (χ0) is 11.3. The largest absolute Gasteiger partial charge is 0.302 e. The Morgan fingerprint density at radius 3 is 2.93 bits per heavy atom. The van der Waals surface area contributed by atoms with Crippen molar-refractivity contribution in [1.82, 2.24) is 5.32 Å². The molecule has 0 aliphatic carbocycles. The van der Waals surface area contributed by atoms with E-state index in [-0.39, 0.29) is 10.6 Å². The molecule has 1 aromatic rings. The Hall–Kier alpha value is -1.86. The first kappa shape index (κ1) is 11.2. The van der Waals surface area contributed by atoms with Gasteiger partial charge in [0.2, 0.25) is 0 Å². The van der Waals surface area contributed by atoms with Gasteiger partial charge in [0.15, 0.2) is 0 Å². The highest BCUT2D eigenvalue weighted by molar-refractivity contribution is 5.42. The van der Waals surface area contributed by atoms with Gasteiger partial charge in [0, 0.05) is 18.2 Å². The summed E-state index contributed by atoms with van der Waals surface area (Å²) >= 11 is 0. The summed E-state index contributed by atoms with van der Waals surface area (Å²) < 4.78 is 0. The SMILES string of the molecule is C#CCNCc1ccc(C)c([N+](=O)[O-])c1. The molecule has 0 radical (unpaired) electrons. The van der Waals surface area contributed by atoms with E-state index < -0.39 is 0 Å². The summed E-state index contributed by atoms with van der Waals surface area (Å²) in [5, 5.41) is 13.6. The fourth-order valence-corrected chi connectivity index (χ4v) is 1.24. The van der Waals surface area contributed by atoms with Crippen LogP contribution in [0, 0.1) is 29.4 Å². The smallest absolute Gasteiger partial charge is 0.272 e. The normalized spacial score (nSPS) is 9.60. The highest BCUT2D eigenvalue weighted by Gasteiger charge is 2.10. The number of terminal acetylenes is 1. The van der Waals surface area contributed by atoms with Gasteiger partial charge in [0.1, 0.15) is 0 Å². The van der Waals surface area contributed by atoms with Gasteiger partial charge in [-0.05, 0) is 12.5 Å². The van der Waals surface area contributed by atoms with Gasteiger partial charge in [-0.3, -0.25) is 10.1 Å². The molecule has 0 heterocycles. The van der Waals surface area contributed by atoms with Gasteiger partial charge in [-0.15, -0.1) is 6.42 Å². The molecule has 4 heteroatoms. The molecule has 78 valence electrons. The van der Waals surface area contributed by atoms with Crippen LogP contribution in [0.3, 0.4) is 0 Å². The molecule has 0 spiro atoms. The lowest BCUT2D eigenvalue weighted by atomic mass is 10.1. The molecular weight excluding hydrogens is 192 g/mol. The van der Waals surface area contributed by atoms with Crippen molar-refractivity contribution >= 4 is 5.69 Å². The van der Waals surface area contributed by atoms with Crippen molar-refractivity contribution < 1.29 is 4.92 Å². The molecule has 0 amide bonds. The van der Waals surface area contributed by atoms with Crippen LogP contribution < -0.4 is 5.32 Å². The molecule has 0 atom stereocenters. The van der Waals surface area contributed by atoms with E-state index in [0.717, 1.165) is 5.56 Å². The molecule has 0 saturated heterocycles. The lowest BCUT2D eigenvalue weighted by Gasteiger charge is -2.03. The predicted octanol–water partition coefficient (Wildman–Crippen LogP) is 1.63. The minimum absolute atomic E-state index is 0.148. The molecule has 0 aliphatic rings. The van der Waals surface area contributed by atoms with E-state index in [4.69, 9.17) is 6.42 Å². The van der Waals surface area contributed by atoms with Gasteiger partial charge in [-0.1, -0.05) is 18.1 Å². The average molecular weight is 204 g/mol. The molecule has 0 bridgehead atoms. The lowest BCUT2D eigenvalue weighted by Crippen LogP contribution is -2.13. The van der Waals surface area contributed by atoms with Crippen LogP contribution in [0.25, 0.3) is 0 Å². The van der Waals surface area contributed by atoms with E-state index in [2.05, 4.69) is 11.2 Å². The van der Waals surface area contributed by atoms with Crippen molar-refractivity contribution in [2.24, 2.45) is 0 Å². The molecule has 0 saturated carbocycles. The first-order valence-electron chi connectivity index (χ1n) is 4.53. The van der Waals surface area contributed by atoms with Gasteiger partial charge < -0.3 is 5.32 Å². The number of nitrogens with one attached hydrogen (secondary N) is 1. The summed E-state index contributed by atoms with van der Waals surface area (Å²) in [5.74, 6) is 2.44. The van der Waals surface area contributed by atoms with E-state index in [9.17, 15) is 10.1 Å². The number of hydrogen-bond donors (Lipinski definition) is 1. The summed E-state index contributed by atoms with van der Waals surface area (Å²) in [6.45, 7) is 2.73. The van der Waals surface area contributed by atoms with E-state index in [1.54, 1.807) is 19.1 Å². The van der Waals surface area contributed by atoms with Crippen molar-refractivity contribution in [2.45, 2.75) is 13.5 Å². The third-order valence-electron chi connectivity index (χ3n) is 2.03. The Kier molecular flexibility index (Phi) is 3.83. The fraction of sp³-hybridized carbons (Fsp3) is 0.273. The molecule has 0 aliphatic heterocycles. The molecule has 4 nitrogen and oxygen atoms in total. The third kappa shape index (κ3) is 3.08. The molecular formula is C11H12N2O2. The van der Waals surface area contributed by atoms with Gasteiger partial charge >= 0.3 is 0 Å². The number of rotatable bonds is 4. The zero-order valence-electron chi connectivity index (χ0n) is 8.49. The molecule has 1 N–H and O–H groups in total. The predicted molar refractivity (Wildman–Crippen MR) is 58.4 cm³/mol. The maximum atomic E-state index is 10.7. The molecule has 1 rings (SSSR count). The summed E-state index contributed by atoms with van der Waals surface area (Å²) in [6.07, 6.45) is 5.07. The van der Waals surface area contributed by atoms with Crippen LogP contribution in [-0.4, -0.2) is 11.5 Å². The molecule has 1 aromatic carbocycles. The minimum atomic E-state index is -0.375. The second-order valence-corrected chi connectivity index (χ2v) is 3.19. The average Bonchev–Trinajstić information content (AvgIpc) is 2.20. The molecule has 15 heavy (non-hydrogen) atoms. The number of hydrogen-bond acceptors (Lipinski definition) is 3. The van der Waals surface area contributed by atoms with Crippen LogP contribution in [0.15, 0.2) is 18.2 Å². The quantitative estimate of drug-likeness (QED) is 0.351. The molecule has 0 unspecified atom stereocenters. The summed E-state index contributed by atoms with van der Waals surface area (Å²) in [7, 11) is 0. The number of nitro groups is 1. The van der Waals surface area contributed by atoms with Crippen molar-refractivity contribution in [2.75, 3.05) is 6.54 Å². The van der Waals surface area contributed by atoms with Crippen LogP contribution in [0.1, 0.15) is 11.1 Å². The second-order valence-electron chi connectivity index (χ2n) is 3.19. The first-order chi connectivity index (χ1) is 7.15. The molecule has 0 aromatic heterocycles. The maximum absolute atomic E-state index is 10.7. The minimum Gasteiger partial charge on any atom is -0.302 e. The van der Waals surface area contributed by atoms with Crippen molar-refractivity contribution in [1.29, 1.82) is 0 Å². The second kappa shape index (κ2) is 5.13. The Morgan fingerprint density at radius 2 is 2.33 bits per heavy atom. The first-order valence-corrected chi connectivity index (χ1v) is 4.53. The van der Waals surface area contributed by atoms with Crippen LogP contribution in [-0.2, 0) is 6.54 Å². The Morgan fingerprint density at radius 1 is 1.60 bits per heavy atom. The van der Waals surface area contributed by atoms with E-state index in [1.807, 2.05) is 6.07 Å². The van der Waals surface area contributed by atoms with E-state index >= 15 is 0 Å². The molecule has 0 fully saturated rings. The van der Waals surface area contributed by atoms with Crippen LogP contribution in [0.4, 0.5) is 5.69 Å². The van der Waals surface area contributed by atoms with Gasteiger partial charge in [-0.25, -0.2) is 0 Å². The number of aryl methyl sites for hydroxylation is 1. The summed E-state index contributed by atoms with van der Waals surface area (Å²) in [5.41, 5.74) is 1.68. The van der Waals surface area contributed by atoms with Crippen LogP contribution >= 0.6 is 0 Å². The Bertz CT molecular complexity index is 408. The topological polar surface area (TPSA) is 55.2 Å². The van der Waals surface area contributed by atoms with E-state index in [1.165, 1.54) is 0 Å². The monoisotopic (exact) mass is 204 g/mol. The van der Waals surface area contributed by atoms with Gasteiger partial charge in [0.25, 0.3) is 5.69 Å². The number of nitrogens with zero attached hydrogens (tertiary/aromatic N) is 1. The van der Waals surface area contributed by atoms with Gasteiger partial charge in [-0.2, -0.15) is 0 Å². The van der Waals surface area contributed by atoms with Crippen molar-refractivity contribution in [3.05, 3.63) is 39.4 Å². The van der Waals surface area contributed by atoms with Crippen LogP contribution in [0.5, 0.6) is 0 Å².